The highest BCUT2D eigenvalue weighted by Crippen LogP contribution is 2.12. The van der Waals surface area contributed by atoms with Crippen LogP contribution in [0, 0.1) is 0 Å². The molecule has 98 valence electrons. The molecule has 18 heavy (non-hydrogen) atoms. The van der Waals surface area contributed by atoms with Crippen molar-refractivity contribution in [3.63, 3.8) is 0 Å². The SMILES string of the molecule is O=C(Cc1cccc(Br)c1)NC1CCCNCC1. The molecule has 0 radical (unpaired) electrons. The lowest BCUT2D eigenvalue weighted by Crippen LogP contribution is -2.36. The number of halogens is 1. The van der Waals surface area contributed by atoms with E-state index in [1.165, 1.54) is 0 Å². The topological polar surface area (TPSA) is 41.1 Å². The smallest absolute Gasteiger partial charge is 0.224 e. The van der Waals surface area contributed by atoms with Crippen LogP contribution >= 0.6 is 15.9 Å². The summed E-state index contributed by atoms with van der Waals surface area (Å²) in [5.41, 5.74) is 1.05. The minimum Gasteiger partial charge on any atom is -0.353 e. The second kappa shape index (κ2) is 6.90. The highest BCUT2D eigenvalue weighted by molar-refractivity contribution is 9.10. The second-order valence-corrected chi connectivity index (χ2v) is 5.67. The van der Waals surface area contributed by atoms with Gasteiger partial charge in [-0.2, -0.15) is 0 Å². The zero-order chi connectivity index (χ0) is 12.8. The van der Waals surface area contributed by atoms with Crippen LogP contribution in [0.2, 0.25) is 0 Å². The maximum atomic E-state index is 12.0. The summed E-state index contributed by atoms with van der Waals surface area (Å²) in [7, 11) is 0. The first kappa shape index (κ1) is 13.6. The van der Waals surface area contributed by atoms with Crippen molar-refractivity contribution in [3.05, 3.63) is 34.3 Å². The summed E-state index contributed by atoms with van der Waals surface area (Å²) in [6, 6.07) is 8.24. The van der Waals surface area contributed by atoms with Gasteiger partial charge in [0.2, 0.25) is 5.91 Å². The predicted molar refractivity (Wildman–Crippen MR) is 76.5 cm³/mol. The van der Waals surface area contributed by atoms with E-state index in [4.69, 9.17) is 0 Å². The molecule has 3 nitrogen and oxygen atoms in total. The van der Waals surface area contributed by atoms with Crippen molar-refractivity contribution in [1.82, 2.24) is 10.6 Å². The Bertz CT molecular complexity index is 401. The maximum Gasteiger partial charge on any atom is 0.224 e. The summed E-state index contributed by atoms with van der Waals surface area (Å²) in [5.74, 6) is 0.125. The predicted octanol–water partition coefficient (Wildman–Crippen LogP) is 2.25. The Morgan fingerprint density at radius 1 is 1.39 bits per heavy atom. The fourth-order valence-electron chi connectivity index (χ4n) is 2.27. The first-order chi connectivity index (χ1) is 8.74. The molecule has 1 amide bonds. The van der Waals surface area contributed by atoms with E-state index >= 15 is 0 Å². The third-order valence-electron chi connectivity index (χ3n) is 3.19. The number of hydrogen-bond donors (Lipinski definition) is 2. The summed E-state index contributed by atoms with van der Waals surface area (Å²) in [6.07, 6.45) is 3.71. The molecule has 1 aliphatic heterocycles. The van der Waals surface area contributed by atoms with Gasteiger partial charge in [0.25, 0.3) is 0 Å². The number of carbonyl (C=O) groups excluding carboxylic acids is 1. The molecule has 2 N–H and O–H groups in total. The number of nitrogens with one attached hydrogen (secondary N) is 2. The first-order valence-electron chi connectivity index (χ1n) is 6.48. The zero-order valence-electron chi connectivity index (χ0n) is 10.4. The molecule has 1 aromatic rings. The molecule has 4 heteroatoms. The molecule has 1 heterocycles. The van der Waals surface area contributed by atoms with Gasteiger partial charge in [-0.1, -0.05) is 28.1 Å². The number of amides is 1. The monoisotopic (exact) mass is 310 g/mol. The summed E-state index contributed by atoms with van der Waals surface area (Å²) < 4.78 is 1.02. The molecule has 0 spiro atoms. The van der Waals surface area contributed by atoms with Gasteiger partial charge in [-0.15, -0.1) is 0 Å². The van der Waals surface area contributed by atoms with E-state index in [0.717, 1.165) is 42.4 Å². The number of rotatable bonds is 3. The Kier molecular flexibility index (Phi) is 5.20. The van der Waals surface area contributed by atoms with Crippen molar-refractivity contribution in [1.29, 1.82) is 0 Å². The third kappa shape index (κ3) is 4.42. The van der Waals surface area contributed by atoms with Gasteiger partial charge in [-0.3, -0.25) is 4.79 Å². The molecule has 1 aliphatic rings. The lowest BCUT2D eigenvalue weighted by Gasteiger charge is -2.15. The van der Waals surface area contributed by atoms with Gasteiger partial charge in [0, 0.05) is 10.5 Å². The maximum absolute atomic E-state index is 12.0. The fourth-order valence-corrected chi connectivity index (χ4v) is 2.72. The third-order valence-corrected chi connectivity index (χ3v) is 3.69. The van der Waals surface area contributed by atoms with Crippen molar-refractivity contribution in [3.8, 4) is 0 Å². The van der Waals surface area contributed by atoms with Crippen molar-refractivity contribution in [2.75, 3.05) is 13.1 Å². The number of benzene rings is 1. The van der Waals surface area contributed by atoms with Crippen LogP contribution in [0.1, 0.15) is 24.8 Å². The summed E-state index contributed by atoms with van der Waals surface area (Å²) in [4.78, 5) is 12.0. The zero-order valence-corrected chi connectivity index (χ0v) is 12.0. The van der Waals surface area contributed by atoms with Crippen molar-refractivity contribution in [2.24, 2.45) is 0 Å². The van der Waals surface area contributed by atoms with Gasteiger partial charge < -0.3 is 10.6 Å². The van der Waals surface area contributed by atoms with E-state index in [9.17, 15) is 4.79 Å². The van der Waals surface area contributed by atoms with Crippen LogP contribution in [0.5, 0.6) is 0 Å². The lowest BCUT2D eigenvalue weighted by atomic mass is 10.1. The van der Waals surface area contributed by atoms with E-state index < -0.39 is 0 Å². The van der Waals surface area contributed by atoms with Crippen LogP contribution in [0.15, 0.2) is 28.7 Å². The normalized spacial score (nSPS) is 20.2. The largest absolute Gasteiger partial charge is 0.353 e. The van der Waals surface area contributed by atoms with Gasteiger partial charge in [-0.05, 0) is 50.0 Å². The lowest BCUT2D eigenvalue weighted by molar-refractivity contribution is -0.121. The molecule has 1 fully saturated rings. The molecule has 1 saturated heterocycles. The van der Waals surface area contributed by atoms with Crippen LogP contribution in [0.4, 0.5) is 0 Å². The Morgan fingerprint density at radius 3 is 3.11 bits per heavy atom. The van der Waals surface area contributed by atoms with Crippen molar-refractivity contribution in [2.45, 2.75) is 31.7 Å². The van der Waals surface area contributed by atoms with Crippen LogP contribution in [0.25, 0.3) is 0 Å². The van der Waals surface area contributed by atoms with Gasteiger partial charge in [0.05, 0.1) is 6.42 Å². The molecule has 0 aromatic heterocycles. The molecular weight excluding hydrogens is 292 g/mol. The molecule has 2 rings (SSSR count). The number of hydrogen-bond acceptors (Lipinski definition) is 2. The van der Waals surface area contributed by atoms with E-state index in [0.29, 0.717) is 12.5 Å². The van der Waals surface area contributed by atoms with Crippen LogP contribution in [-0.4, -0.2) is 25.0 Å². The van der Waals surface area contributed by atoms with E-state index in [2.05, 4.69) is 26.6 Å². The standard InChI is InChI=1S/C14H19BrN2O/c15-12-4-1-3-11(9-12)10-14(18)17-13-5-2-7-16-8-6-13/h1,3-4,9,13,16H,2,5-8,10H2,(H,17,18). The average molecular weight is 311 g/mol. The Labute approximate surface area is 116 Å². The molecule has 1 unspecified atom stereocenters. The molecule has 0 saturated carbocycles. The Balaban J connectivity index is 1.84. The summed E-state index contributed by atoms with van der Waals surface area (Å²) in [5, 5.41) is 6.48. The van der Waals surface area contributed by atoms with E-state index in [1.807, 2.05) is 24.3 Å². The average Bonchev–Trinajstić information content (AvgIpc) is 2.57. The molecule has 0 bridgehead atoms. The molecular formula is C14H19BrN2O. The minimum absolute atomic E-state index is 0.125. The van der Waals surface area contributed by atoms with Crippen LogP contribution in [-0.2, 0) is 11.2 Å². The van der Waals surface area contributed by atoms with Crippen LogP contribution in [0.3, 0.4) is 0 Å². The first-order valence-corrected chi connectivity index (χ1v) is 7.28. The van der Waals surface area contributed by atoms with Gasteiger partial charge >= 0.3 is 0 Å². The van der Waals surface area contributed by atoms with E-state index in [1.54, 1.807) is 0 Å². The Hall–Kier alpha value is -0.870. The molecule has 1 atom stereocenters. The van der Waals surface area contributed by atoms with E-state index in [-0.39, 0.29) is 5.91 Å². The minimum atomic E-state index is 0.125. The molecule has 0 aliphatic carbocycles. The summed E-state index contributed by atoms with van der Waals surface area (Å²) >= 11 is 3.42. The Morgan fingerprint density at radius 2 is 2.28 bits per heavy atom. The van der Waals surface area contributed by atoms with Gasteiger partial charge in [-0.25, -0.2) is 0 Å². The van der Waals surface area contributed by atoms with Crippen molar-refractivity contribution >= 4 is 21.8 Å². The molecule has 1 aromatic carbocycles. The second-order valence-electron chi connectivity index (χ2n) is 4.75. The fraction of sp³-hybridized carbons (Fsp3) is 0.500. The highest BCUT2D eigenvalue weighted by Gasteiger charge is 2.14. The van der Waals surface area contributed by atoms with Gasteiger partial charge in [0.1, 0.15) is 0 Å². The summed E-state index contributed by atoms with van der Waals surface area (Å²) in [6.45, 7) is 2.07. The quantitative estimate of drug-likeness (QED) is 0.899. The number of carbonyl (C=O) groups is 1. The van der Waals surface area contributed by atoms with Crippen molar-refractivity contribution < 1.29 is 4.79 Å². The van der Waals surface area contributed by atoms with Gasteiger partial charge in [0.15, 0.2) is 0 Å². The van der Waals surface area contributed by atoms with Crippen LogP contribution < -0.4 is 10.6 Å². The highest BCUT2D eigenvalue weighted by atomic mass is 79.9.